The lowest BCUT2D eigenvalue weighted by Gasteiger charge is -2.21. The molecule has 1 amide bonds. The third kappa shape index (κ3) is 2.87. The molecule has 2 aliphatic heterocycles. The van der Waals surface area contributed by atoms with Gasteiger partial charge >= 0.3 is 0 Å². The van der Waals surface area contributed by atoms with Crippen molar-refractivity contribution in [2.75, 3.05) is 26.3 Å². The van der Waals surface area contributed by atoms with Gasteiger partial charge in [0.25, 0.3) is 11.8 Å². The number of amides is 1. The molecule has 2 fully saturated rings. The Morgan fingerprint density at radius 1 is 0.846 bits per heavy atom. The number of aromatic nitrogens is 1. The first-order chi connectivity index (χ1) is 12.7. The zero-order valence-corrected chi connectivity index (χ0v) is 14.1. The minimum absolute atomic E-state index is 0.0525. The second-order valence-corrected chi connectivity index (χ2v) is 6.86. The van der Waals surface area contributed by atoms with Crippen LogP contribution in [-0.2, 0) is 9.47 Å². The normalized spacial score (nSPS) is 21.1. The molecule has 6 nitrogen and oxygen atoms in total. The predicted octanol–water partition coefficient (Wildman–Crippen LogP) is 2.01. The largest absolute Gasteiger partial charge is 0.371 e. The number of hydrogen-bond donors (Lipinski definition) is 0. The van der Waals surface area contributed by atoms with Gasteiger partial charge in [0.1, 0.15) is 0 Å². The zero-order chi connectivity index (χ0) is 17.7. The minimum atomic E-state index is -0.0846. The fraction of sp³-hybridized carbons (Fsp3) is 0.300. The summed E-state index contributed by atoms with van der Waals surface area (Å²) < 4.78 is 12.2. The molecule has 2 unspecified atom stereocenters. The van der Waals surface area contributed by atoms with Gasteiger partial charge in [-0.1, -0.05) is 0 Å². The van der Waals surface area contributed by atoms with Crippen LogP contribution in [0.1, 0.15) is 20.7 Å². The van der Waals surface area contributed by atoms with Crippen LogP contribution in [0.15, 0.2) is 48.5 Å². The van der Waals surface area contributed by atoms with Crippen LogP contribution in [0.4, 0.5) is 0 Å². The Kier molecular flexibility index (Phi) is 3.55. The topological polar surface area (TPSA) is 67.4 Å². The lowest BCUT2D eigenvalue weighted by atomic mass is 10.1. The van der Waals surface area contributed by atoms with E-state index in [-0.39, 0.29) is 24.0 Å². The maximum atomic E-state index is 12.8. The van der Waals surface area contributed by atoms with Crippen molar-refractivity contribution >= 4 is 22.8 Å². The Morgan fingerprint density at radius 2 is 1.31 bits per heavy atom. The molecule has 26 heavy (non-hydrogen) atoms. The van der Waals surface area contributed by atoms with Gasteiger partial charge in [0.15, 0.2) is 0 Å². The Hall–Kier alpha value is -2.70. The van der Waals surface area contributed by atoms with Gasteiger partial charge in [-0.25, -0.2) is 0 Å². The summed E-state index contributed by atoms with van der Waals surface area (Å²) in [7, 11) is 0. The molecular formula is C20H18N2O4. The molecule has 2 aliphatic rings. The third-order valence-corrected chi connectivity index (χ3v) is 4.89. The summed E-state index contributed by atoms with van der Waals surface area (Å²) in [4.78, 5) is 27.3. The van der Waals surface area contributed by atoms with Crippen molar-refractivity contribution in [2.24, 2.45) is 0 Å². The number of carbonyl (C=O) groups excluding carboxylic acids is 2. The highest BCUT2D eigenvalue weighted by molar-refractivity contribution is 6.04. The lowest BCUT2D eigenvalue weighted by Crippen LogP contribution is -2.37. The highest BCUT2D eigenvalue weighted by atomic mass is 16.6. The minimum Gasteiger partial charge on any atom is -0.371 e. The molecule has 6 heteroatoms. The maximum absolute atomic E-state index is 12.8. The summed E-state index contributed by atoms with van der Waals surface area (Å²) in [6, 6.07) is 14.6. The number of rotatable bonds is 6. The van der Waals surface area contributed by atoms with Gasteiger partial charge in [-0.05, 0) is 48.5 Å². The van der Waals surface area contributed by atoms with Gasteiger partial charge < -0.3 is 14.4 Å². The number of carbonyl (C=O) groups is 2. The molecule has 0 aliphatic carbocycles. The molecule has 0 N–H and O–H groups in total. The van der Waals surface area contributed by atoms with Gasteiger partial charge in [-0.15, -0.1) is 0 Å². The van der Waals surface area contributed by atoms with E-state index >= 15 is 0 Å². The van der Waals surface area contributed by atoms with Gasteiger partial charge in [0, 0.05) is 35.2 Å². The van der Waals surface area contributed by atoms with Crippen molar-refractivity contribution in [3.8, 4) is 0 Å². The van der Waals surface area contributed by atoms with Crippen LogP contribution >= 0.6 is 0 Å². The number of ether oxygens (including phenoxy) is 2. The summed E-state index contributed by atoms with van der Waals surface area (Å²) in [5.41, 5.74) is 2.89. The smallest absolute Gasteiger partial charge is 0.262 e. The van der Waals surface area contributed by atoms with Crippen LogP contribution in [0.25, 0.3) is 11.0 Å². The van der Waals surface area contributed by atoms with Gasteiger partial charge in [-0.3, -0.25) is 14.2 Å². The molecule has 5 rings (SSSR count). The lowest BCUT2D eigenvalue weighted by molar-refractivity contribution is 0.0729. The van der Waals surface area contributed by atoms with Crippen LogP contribution in [0.3, 0.4) is 0 Å². The Morgan fingerprint density at radius 3 is 1.77 bits per heavy atom. The quantitative estimate of drug-likeness (QED) is 0.638. The Labute approximate surface area is 150 Å². The SMILES string of the molecule is O=C(c1ccc(C(=O)n2c3ccc2cc3)cc1)N(CC1CO1)CC1CO1. The average molecular weight is 350 g/mol. The van der Waals surface area contributed by atoms with Crippen molar-refractivity contribution in [1.82, 2.24) is 9.47 Å². The van der Waals surface area contributed by atoms with E-state index in [1.54, 1.807) is 33.7 Å². The predicted molar refractivity (Wildman–Crippen MR) is 94.7 cm³/mol. The number of benzene rings is 2. The van der Waals surface area contributed by atoms with E-state index < -0.39 is 0 Å². The summed E-state index contributed by atoms with van der Waals surface area (Å²) in [6.45, 7) is 2.58. The van der Waals surface area contributed by atoms with Crippen LogP contribution in [0.2, 0.25) is 0 Å². The molecule has 0 radical (unpaired) electrons. The van der Waals surface area contributed by atoms with E-state index in [0.29, 0.717) is 37.4 Å². The van der Waals surface area contributed by atoms with Gasteiger partial charge in [-0.2, -0.15) is 0 Å². The number of fused-ring (bicyclic) bond motifs is 2. The van der Waals surface area contributed by atoms with Crippen LogP contribution in [0, 0.1) is 0 Å². The van der Waals surface area contributed by atoms with Crippen LogP contribution in [0.5, 0.6) is 0 Å². The molecule has 2 bridgehead atoms. The van der Waals surface area contributed by atoms with Crippen molar-refractivity contribution in [1.29, 1.82) is 0 Å². The van der Waals surface area contributed by atoms with E-state index in [1.165, 1.54) is 0 Å². The highest BCUT2D eigenvalue weighted by Crippen LogP contribution is 2.21. The number of epoxide rings is 2. The third-order valence-electron chi connectivity index (χ3n) is 4.89. The first kappa shape index (κ1) is 15.5. The van der Waals surface area contributed by atoms with Crippen LogP contribution < -0.4 is 0 Å². The maximum Gasteiger partial charge on any atom is 0.262 e. The molecule has 3 aromatic rings. The van der Waals surface area contributed by atoms with Crippen molar-refractivity contribution < 1.29 is 19.1 Å². The Balaban J connectivity index is 1.34. The summed E-state index contributed by atoms with van der Waals surface area (Å²) in [5, 5.41) is 0. The second-order valence-electron chi connectivity index (χ2n) is 6.86. The molecular weight excluding hydrogens is 332 g/mol. The van der Waals surface area contributed by atoms with E-state index in [4.69, 9.17) is 9.47 Å². The Bertz CT molecular complexity index is 892. The fourth-order valence-corrected chi connectivity index (χ4v) is 3.28. The zero-order valence-electron chi connectivity index (χ0n) is 14.1. The van der Waals surface area contributed by atoms with Gasteiger partial charge in [0.2, 0.25) is 0 Å². The molecule has 2 saturated heterocycles. The summed E-state index contributed by atoms with van der Waals surface area (Å²) in [5.74, 6) is -0.137. The molecule has 2 atom stereocenters. The second kappa shape index (κ2) is 5.93. The van der Waals surface area contributed by atoms with Crippen molar-refractivity contribution in [3.63, 3.8) is 0 Å². The van der Waals surface area contributed by atoms with Gasteiger partial charge in [0.05, 0.1) is 25.4 Å². The monoisotopic (exact) mass is 350 g/mol. The molecule has 0 spiro atoms. The molecule has 2 aromatic heterocycles. The first-order valence-electron chi connectivity index (χ1n) is 8.76. The first-order valence-corrected chi connectivity index (χ1v) is 8.76. The van der Waals surface area contributed by atoms with E-state index in [0.717, 1.165) is 11.0 Å². The molecule has 132 valence electrons. The molecule has 1 aromatic carbocycles. The number of nitrogens with zero attached hydrogens (tertiary/aromatic N) is 2. The average Bonchev–Trinajstić information content (AvgIpc) is 3.60. The molecule has 4 heterocycles. The summed E-state index contributed by atoms with van der Waals surface area (Å²) >= 11 is 0. The number of hydrogen-bond acceptors (Lipinski definition) is 4. The van der Waals surface area contributed by atoms with Crippen molar-refractivity contribution in [2.45, 2.75) is 12.2 Å². The fourth-order valence-electron chi connectivity index (χ4n) is 3.28. The van der Waals surface area contributed by atoms with E-state index in [1.807, 2.05) is 24.3 Å². The highest BCUT2D eigenvalue weighted by Gasteiger charge is 2.33. The van der Waals surface area contributed by atoms with Crippen molar-refractivity contribution in [3.05, 3.63) is 59.7 Å². The van der Waals surface area contributed by atoms with Crippen LogP contribution in [-0.4, -0.2) is 59.8 Å². The van der Waals surface area contributed by atoms with E-state index in [2.05, 4.69) is 0 Å². The standard InChI is InChI=1S/C20H18N2O4/c23-19(21(9-17-11-25-17)10-18-12-26-18)13-1-3-14(4-2-13)20(24)22-15-5-6-16(22)8-7-15/h1-8,17-18H,9-12H2. The molecule has 0 saturated carbocycles. The summed E-state index contributed by atoms with van der Waals surface area (Å²) in [6.07, 6.45) is 0.275. The van der Waals surface area contributed by atoms with E-state index in [9.17, 15) is 9.59 Å².